The van der Waals surface area contributed by atoms with Crippen LogP contribution in [0.25, 0.3) is 0 Å². The van der Waals surface area contributed by atoms with E-state index >= 15 is 0 Å². The lowest BCUT2D eigenvalue weighted by molar-refractivity contribution is -0.139. The highest BCUT2D eigenvalue weighted by atomic mass is 35.5. The third kappa shape index (κ3) is 3.71. The summed E-state index contributed by atoms with van der Waals surface area (Å²) in [6, 6.07) is 14.2. The van der Waals surface area contributed by atoms with Crippen LogP contribution in [0.15, 0.2) is 42.5 Å². The molecule has 4 rings (SSSR count). The SMILES string of the molecule is Cc1cccc(CN2CCN(C(=O)[C@@H]3Cc4cc(Cl)ccc4O3)CC2)c1. The van der Waals surface area contributed by atoms with E-state index in [1.165, 1.54) is 11.1 Å². The molecule has 1 fully saturated rings. The van der Waals surface area contributed by atoms with E-state index in [1.54, 1.807) is 6.07 Å². The molecule has 1 amide bonds. The molecule has 136 valence electrons. The number of carbonyl (C=O) groups is 1. The van der Waals surface area contributed by atoms with Gasteiger partial charge in [0.15, 0.2) is 6.10 Å². The fourth-order valence-corrected chi connectivity index (χ4v) is 3.95. The van der Waals surface area contributed by atoms with Gasteiger partial charge in [0.05, 0.1) is 0 Å². The third-order valence-corrected chi connectivity index (χ3v) is 5.38. The second kappa shape index (κ2) is 7.29. The van der Waals surface area contributed by atoms with Gasteiger partial charge in [-0.2, -0.15) is 0 Å². The van der Waals surface area contributed by atoms with E-state index in [2.05, 4.69) is 36.1 Å². The second-order valence-corrected chi connectivity index (χ2v) is 7.59. The summed E-state index contributed by atoms with van der Waals surface area (Å²) >= 11 is 6.04. The minimum atomic E-state index is -0.410. The molecule has 0 saturated carbocycles. The highest BCUT2D eigenvalue weighted by Gasteiger charge is 2.33. The van der Waals surface area contributed by atoms with E-state index < -0.39 is 6.10 Å². The topological polar surface area (TPSA) is 32.8 Å². The van der Waals surface area contributed by atoms with Crippen molar-refractivity contribution in [1.82, 2.24) is 9.80 Å². The van der Waals surface area contributed by atoms with Gasteiger partial charge in [0.1, 0.15) is 5.75 Å². The van der Waals surface area contributed by atoms with E-state index in [-0.39, 0.29) is 5.91 Å². The summed E-state index contributed by atoms with van der Waals surface area (Å²) in [6.07, 6.45) is 0.199. The minimum Gasteiger partial charge on any atom is -0.480 e. The minimum absolute atomic E-state index is 0.0903. The first-order valence-electron chi connectivity index (χ1n) is 9.10. The monoisotopic (exact) mass is 370 g/mol. The fourth-order valence-electron chi connectivity index (χ4n) is 3.75. The first-order chi connectivity index (χ1) is 12.6. The Morgan fingerprint density at radius 3 is 2.73 bits per heavy atom. The number of piperazine rings is 1. The van der Waals surface area contributed by atoms with Crippen LogP contribution < -0.4 is 4.74 Å². The summed E-state index contributed by atoms with van der Waals surface area (Å²) in [5, 5.41) is 0.685. The molecule has 0 spiro atoms. The predicted octanol–water partition coefficient (Wildman–Crippen LogP) is 3.30. The molecule has 0 aliphatic carbocycles. The fraction of sp³-hybridized carbons (Fsp3) is 0.381. The lowest BCUT2D eigenvalue weighted by Crippen LogP contribution is -2.51. The molecule has 2 heterocycles. The Balaban J connectivity index is 1.31. The smallest absolute Gasteiger partial charge is 0.264 e. The van der Waals surface area contributed by atoms with Crippen molar-refractivity contribution in [3.05, 3.63) is 64.2 Å². The van der Waals surface area contributed by atoms with E-state index in [1.807, 2.05) is 17.0 Å². The van der Waals surface area contributed by atoms with Crippen molar-refractivity contribution in [1.29, 1.82) is 0 Å². The van der Waals surface area contributed by atoms with E-state index in [4.69, 9.17) is 16.3 Å². The van der Waals surface area contributed by atoms with Crippen molar-refractivity contribution in [2.24, 2.45) is 0 Å². The van der Waals surface area contributed by atoms with Gasteiger partial charge in [-0.25, -0.2) is 0 Å². The lowest BCUT2D eigenvalue weighted by atomic mass is 10.1. The highest BCUT2D eigenvalue weighted by Crippen LogP contribution is 2.31. The average molecular weight is 371 g/mol. The van der Waals surface area contributed by atoms with Gasteiger partial charge >= 0.3 is 0 Å². The summed E-state index contributed by atoms with van der Waals surface area (Å²) in [5.41, 5.74) is 3.64. The maximum absolute atomic E-state index is 12.8. The van der Waals surface area contributed by atoms with Gasteiger partial charge < -0.3 is 9.64 Å². The van der Waals surface area contributed by atoms with Crippen molar-refractivity contribution >= 4 is 17.5 Å². The zero-order valence-electron chi connectivity index (χ0n) is 15.0. The number of ether oxygens (including phenoxy) is 1. The Morgan fingerprint density at radius 1 is 1.15 bits per heavy atom. The molecule has 1 saturated heterocycles. The quantitative estimate of drug-likeness (QED) is 0.831. The normalized spacial score (nSPS) is 19.9. The Morgan fingerprint density at radius 2 is 1.96 bits per heavy atom. The Labute approximate surface area is 159 Å². The predicted molar refractivity (Wildman–Crippen MR) is 103 cm³/mol. The van der Waals surface area contributed by atoms with Crippen LogP contribution in [-0.2, 0) is 17.8 Å². The first kappa shape index (κ1) is 17.4. The van der Waals surface area contributed by atoms with Gasteiger partial charge in [0.25, 0.3) is 5.91 Å². The number of carbonyl (C=O) groups excluding carboxylic acids is 1. The van der Waals surface area contributed by atoms with Crippen LogP contribution in [0.3, 0.4) is 0 Å². The molecule has 2 aromatic carbocycles. The van der Waals surface area contributed by atoms with Crippen molar-refractivity contribution in [3.8, 4) is 5.75 Å². The molecule has 2 aliphatic heterocycles. The second-order valence-electron chi connectivity index (χ2n) is 7.15. The molecule has 0 N–H and O–H groups in total. The van der Waals surface area contributed by atoms with Crippen molar-refractivity contribution in [2.45, 2.75) is 26.0 Å². The number of amides is 1. The summed E-state index contributed by atoms with van der Waals surface area (Å²) in [7, 11) is 0. The molecular weight excluding hydrogens is 348 g/mol. The van der Waals surface area contributed by atoms with Crippen LogP contribution in [-0.4, -0.2) is 48.0 Å². The summed E-state index contributed by atoms with van der Waals surface area (Å²) in [4.78, 5) is 17.2. The molecule has 5 heteroatoms. The molecule has 0 radical (unpaired) electrons. The number of aryl methyl sites for hydroxylation is 1. The van der Waals surface area contributed by atoms with E-state index in [9.17, 15) is 4.79 Å². The summed E-state index contributed by atoms with van der Waals surface area (Å²) < 4.78 is 5.85. The van der Waals surface area contributed by atoms with Crippen LogP contribution in [0, 0.1) is 6.92 Å². The summed E-state index contributed by atoms with van der Waals surface area (Å²) in [5.74, 6) is 0.873. The molecule has 0 bridgehead atoms. The molecule has 2 aromatic rings. The number of halogens is 1. The van der Waals surface area contributed by atoms with Gasteiger partial charge in [0.2, 0.25) is 0 Å². The van der Waals surface area contributed by atoms with Crippen LogP contribution in [0.5, 0.6) is 5.75 Å². The number of rotatable bonds is 3. The highest BCUT2D eigenvalue weighted by molar-refractivity contribution is 6.30. The van der Waals surface area contributed by atoms with Gasteiger partial charge in [-0.3, -0.25) is 9.69 Å². The van der Waals surface area contributed by atoms with E-state index in [0.717, 1.165) is 44.0 Å². The van der Waals surface area contributed by atoms with Crippen molar-refractivity contribution in [2.75, 3.05) is 26.2 Å². The van der Waals surface area contributed by atoms with Gasteiger partial charge in [0, 0.05) is 44.2 Å². The number of hydrogen-bond donors (Lipinski definition) is 0. The van der Waals surface area contributed by atoms with Gasteiger partial charge in [-0.1, -0.05) is 41.4 Å². The average Bonchev–Trinajstić information content (AvgIpc) is 3.05. The Hall–Kier alpha value is -2.04. The third-order valence-electron chi connectivity index (χ3n) is 5.15. The summed E-state index contributed by atoms with van der Waals surface area (Å²) in [6.45, 7) is 6.35. The molecule has 0 aromatic heterocycles. The van der Waals surface area contributed by atoms with Crippen LogP contribution in [0.4, 0.5) is 0 Å². The van der Waals surface area contributed by atoms with Crippen molar-refractivity contribution in [3.63, 3.8) is 0 Å². The maximum Gasteiger partial charge on any atom is 0.264 e. The van der Waals surface area contributed by atoms with Crippen molar-refractivity contribution < 1.29 is 9.53 Å². The maximum atomic E-state index is 12.8. The zero-order chi connectivity index (χ0) is 18.1. The van der Waals surface area contributed by atoms with Crippen LogP contribution in [0.1, 0.15) is 16.7 Å². The Bertz CT molecular complexity index is 815. The molecule has 4 nitrogen and oxygen atoms in total. The lowest BCUT2D eigenvalue weighted by Gasteiger charge is -2.35. The molecule has 1 atom stereocenters. The number of benzene rings is 2. The van der Waals surface area contributed by atoms with Crippen LogP contribution >= 0.6 is 11.6 Å². The van der Waals surface area contributed by atoms with Crippen LogP contribution in [0.2, 0.25) is 5.02 Å². The molecular formula is C21H23ClN2O2. The molecule has 26 heavy (non-hydrogen) atoms. The standard InChI is InChI=1S/C21H23ClN2O2/c1-15-3-2-4-16(11-15)14-23-7-9-24(10-8-23)21(25)20-13-17-12-18(22)5-6-19(17)26-20/h2-6,11-12,20H,7-10,13-14H2,1H3/t20-/m0/s1. The first-order valence-corrected chi connectivity index (χ1v) is 9.48. The van der Waals surface area contributed by atoms with Gasteiger partial charge in [-0.05, 0) is 36.2 Å². The van der Waals surface area contributed by atoms with Gasteiger partial charge in [-0.15, -0.1) is 0 Å². The van der Waals surface area contributed by atoms with E-state index in [0.29, 0.717) is 11.4 Å². The number of hydrogen-bond acceptors (Lipinski definition) is 3. The number of fused-ring (bicyclic) bond motifs is 1. The zero-order valence-corrected chi connectivity index (χ0v) is 15.7. The molecule has 2 aliphatic rings. The number of nitrogens with zero attached hydrogens (tertiary/aromatic N) is 2. The Kier molecular flexibility index (Phi) is 4.88. The largest absolute Gasteiger partial charge is 0.480 e. The molecule has 0 unspecified atom stereocenters.